The Morgan fingerprint density at radius 3 is 2.38 bits per heavy atom. The standard InChI is InChI=1S/C26H29N3O2S/c1-25(2,32(27)30)17-21(26(3,4)23-15-9-10-16-28-23)18-11-5-6-12-19(18)24-20-13-7-8-14-22(20)31-29-24/h5-16,21H,17,27H2,1-4H3/t21-,32?/m1/s1. The summed E-state index contributed by atoms with van der Waals surface area (Å²) in [5.41, 5.74) is 4.30. The van der Waals surface area contributed by atoms with Crippen LogP contribution in [0.1, 0.15) is 51.3 Å². The summed E-state index contributed by atoms with van der Waals surface area (Å²) in [4.78, 5) is 4.67. The Kier molecular flexibility index (Phi) is 6.01. The van der Waals surface area contributed by atoms with Gasteiger partial charge in [-0.15, -0.1) is 0 Å². The fourth-order valence-electron chi connectivity index (χ4n) is 4.35. The Morgan fingerprint density at radius 1 is 0.969 bits per heavy atom. The average Bonchev–Trinajstić information content (AvgIpc) is 3.22. The minimum Gasteiger partial charge on any atom is -0.356 e. The molecule has 0 amide bonds. The van der Waals surface area contributed by atoms with Crippen LogP contribution in [0.25, 0.3) is 22.2 Å². The number of fused-ring (bicyclic) bond motifs is 1. The van der Waals surface area contributed by atoms with Gasteiger partial charge in [0.1, 0.15) is 5.69 Å². The second kappa shape index (κ2) is 8.60. The Bertz CT molecular complexity index is 1250. The number of pyridine rings is 1. The highest BCUT2D eigenvalue weighted by molar-refractivity contribution is 7.84. The molecule has 0 aliphatic rings. The average molecular weight is 448 g/mol. The first-order chi connectivity index (χ1) is 15.2. The van der Waals surface area contributed by atoms with E-state index in [4.69, 9.17) is 9.66 Å². The van der Waals surface area contributed by atoms with E-state index >= 15 is 0 Å². The molecule has 2 aromatic carbocycles. The molecule has 32 heavy (non-hydrogen) atoms. The van der Waals surface area contributed by atoms with Gasteiger partial charge in [-0.2, -0.15) is 0 Å². The fourth-order valence-corrected chi connectivity index (χ4v) is 4.68. The van der Waals surface area contributed by atoms with Crippen molar-refractivity contribution >= 4 is 22.0 Å². The lowest BCUT2D eigenvalue weighted by atomic mass is 9.68. The highest BCUT2D eigenvalue weighted by atomic mass is 32.2. The van der Waals surface area contributed by atoms with Gasteiger partial charge < -0.3 is 4.52 Å². The van der Waals surface area contributed by atoms with Gasteiger partial charge in [-0.3, -0.25) is 10.1 Å². The minimum atomic E-state index is -1.48. The molecule has 0 radical (unpaired) electrons. The highest BCUT2D eigenvalue weighted by Gasteiger charge is 2.40. The summed E-state index contributed by atoms with van der Waals surface area (Å²) < 4.78 is 17.5. The Balaban J connectivity index is 1.92. The minimum absolute atomic E-state index is 0.0217. The summed E-state index contributed by atoms with van der Waals surface area (Å²) in [5, 5.41) is 11.3. The molecule has 5 nitrogen and oxygen atoms in total. The molecular weight excluding hydrogens is 418 g/mol. The maximum absolute atomic E-state index is 12.4. The summed E-state index contributed by atoms with van der Waals surface area (Å²) in [6.45, 7) is 8.29. The summed E-state index contributed by atoms with van der Waals surface area (Å²) in [7, 11) is -1.48. The van der Waals surface area contributed by atoms with Gasteiger partial charge in [0.15, 0.2) is 5.58 Å². The van der Waals surface area contributed by atoms with E-state index in [2.05, 4.69) is 36.1 Å². The smallest absolute Gasteiger partial charge is 0.167 e. The first-order valence-corrected chi connectivity index (χ1v) is 11.9. The van der Waals surface area contributed by atoms with Crippen LogP contribution in [0, 0.1) is 0 Å². The Labute approximate surface area is 191 Å². The molecule has 0 spiro atoms. The molecule has 2 heterocycles. The predicted molar refractivity (Wildman–Crippen MR) is 130 cm³/mol. The second-order valence-electron chi connectivity index (χ2n) is 9.37. The molecule has 0 bridgehead atoms. The van der Waals surface area contributed by atoms with E-state index < -0.39 is 15.7 Å². The number of para-hydroxylation sites is 1. The third-order valence-electron chi connectivity index (χ3n) is 6.41. The van der Waals surface area contributed by atoms with Crippen LogP contribution in [-0.4, -0.2) is 19.1 Å². The van der Waals surface area contributed by atoms with E-state index in [9.17, 15) is 4.21 Å². The van der Waals surface area contributed by atoms with Crippen molar-refractivity contribution in [3.63, 3.8) is 0 Å². The molecule has 0 fully saturated rings. The SMILES string of the molecule is CC(C)(c1ccccn1)[C@H](CC(C)(C)S(N)=O)c1ccccc1-c1noc2ccccc12. The van der Waals surface area contributed by atoms with Crippen molar-refractivity contribution in [3.05, 3.63) is 84.2 Å². The van der Waals surface area contributed by atoms with Crippen LogP contribution >= 0.6 is 0 Å². The maximum atomic E-state index is 12.4. The predicted octanol–water partition coefficient (Wildman–Crippen LogP) is 5.74. The topological polar surface area (TPSA) is 82.0 Å². The molecule has 4 aromatic rings. The molecular formula is C26H29N3O2S. The lowest BCUT2D eigenvalue weighted by Crippen LogP contribution is -2.39. The normalized spacial score (nSPS) is 14.4. The van der Waals surface area contributed by atoms with Crippen LogP contribution in [0.15, 0.2) is 77.4 Å². The molecule has 6 heteroatoms. The van der Waals surface area contributed by atoms with Gasteiger partial charge in [-0.05, 0) is 56.0 Å². The number of aromatic nitrogens is 2. The van der Waals surface area contributed by atoms with Crippen molar-refractivity contribution < 1.29 is 8.73 Å². The van der Waals surface area contributed by atoms with Gasteiger partial charge >= 0.3 is 0 Å². The van der Waals surface area contributed by atoms with Gasteiger partial charge in [0.25, 0.3) is 0 Å². The van der Waals surface area contributed by atoms with Crippen molar-refractivity contribution in [2.75, 3.05) is 0 Å². The van der Waals surface area contributed by atoms with Crippen LogP contribution in [0.5, 0.6) is 0 Å². The van der Waals surface area contributed by atoms with Crippen LogP contribution in [0.4, 0.5) is 0 Å². The van der Waals surface area contributed by atoms with Crippen LogP contribution in [-0.2, 0) is 16.4 Å². The number of benzene rings is 2. The lowest BCUT2D eigenvalue weighted by Gasteiger charge is -2.39. The zero-order valence-corrected chi connectivity index (χ0v) is 19.7. The molecule has 2 N–H and O–H groups in total. The largest absolute Gasteiger partial charge is 0.356 e. The quantitative estimate of drug-likeness (QED) is 0.391. The monoisotopic (exact) mass is 447 g/mol. The van der Waals surface area contributed by atoms with E-state index in [1.54, 1.807) is 0 Å². The van der Waals surface area contributed by atoms with Crippen molar-refractivity contribution in [3.8, 4) is 11.3 Å². The van der Waals surface area contributed by atoms with Crippen molar-refractivity contribution in [1.82, 2.24) is 10.1 Å². The first-order valence-electron chi connectivity index (χ1n) is 10.7. The second-order valence-corrected chi connectivity index (χ2v) is 11.1. The van der Waals surface area contributed by atoms with Gasteiger partial charge in [-0.1, -0.05) is 61.5 Å². The van der Waals surface area contributed by atoms with Crippen molar-refractivity contribution in [1.29, 1.82) is 0 Å². The van der Waals surface area contributed by atoms with Gasteiger partial charge in [-0.25, -0.2) is 4.21 Å². The number of hydrogen-bond acceptors (Lipinski definition) is 4. The number of nitrogens with two attached hydrogens (primary N) is 1. The van der Waals surface area contributed by atoms with E-state index in [0.717, 1.165) is 33.5 Å². The molecule has 0 aliphatic heterocycles. The summed E-state index contributed by atoms with van der Waals surface area (Å²) in [6.07, 6.45) is 2.43. The van der Waals surface area contributed by atoms with Crippen LogP contribution in [0.2, 0.25) is 0 Å². The molecule has 0 aliphatic carbocycles. The number of hydrogen-bond donors (Lipinski definition) is 1. The molecule has 1 unspecified atom stereocenters. The van der Waals surface area contributed by atoms with Crippen molar-refractivity contribution in [2.24, 2.45) is 5.14 Å². The van der Waals surface area contributed by atoms with Crippen LogP contribution in [0.3, 0.4) is 0 Å². The summed E-state index contributed by atoms with van der Waals surface area (Å²) >= 11 is 0. The Hall–Kier alpha value is -2.83. The first kappa shape index (κ1) is 22.4. The molecule has 4 rings (SSSR count). The van der Waals surface area contributed by atoms with E-state index in [1.165, 1.54) is 0 Å². The van der Waals surface area contributed by atoms with E-state index in [-0.39, 0.29) is 11.3 Å². The van der Waals surface area contributed by atoms with Crippen molar-refractivity contribution in [2.45, 2.75) is 50.2 Å². The maximum Gasteiger partial charge on any atom is 0.167 e. The lowest BCUT2D eigenvalue weighted by molar-refractivity contribution is 0.354. The number of nitrogens with zero attached hydrogens (tertiary/aromatic N) is 2. The van der Waals surface area contributed by atoms with Crippen LogP contribution < -0.4 is 5.14 Å². The summed E-state index contributed by atoms with van der Waals surface area (Å²) in [5.74, 6) is -0.0217. The third-order valence-corrected chi connectivity index (χ3v) is 7.66. The zero-order chi connectivity index (χ0) is 22.9. The molecule has 0 saturated heterocycles. The molecule has 2 atom stereocenters. The molecule has 166 valence electrons. The van der Waals surface area contributed by atoms with Gasteiger partial charge in [0, 0.05) is 28.3 Å². The van der Waals surface area contributed by atoms with Gasteiger partial charge in [0.05, 0.1) is 15.7 Å². The third kappa shape index (κ3) is 4.12. The summed E-state index contributed by atoms with van der Waals surface area (Å²) in [6, 6.07) is 22.1. The Morgan fingerprint density at radius 2 is 1.66 bits per heavy atom. The zero-order valence-electron chi connectivity index (χ0n) is 18.9. The molecule has 2 aromatic heterocycles. The fraction of sp³-hybridized carbons (Fsp3) is 0.308. The number of rotatable bonds is 7. The van der Waals surface area contributed by atoms with E-state index in [1.807, 2.05) is 74.6 Å². The highest BCUT2D eigenvalue weighted by Crippen LogP contribution is 2.47. The van der Waals surface area contributed by atoms with E-state index in [0.29, 0.717) is 6.42 Å². The van der Waals surface area contributed by atoms with Gasteiger partial charge in [0.2, 0.25) is 0 Å². The molecule has 0 saturated carbocycles.